The van der Waals surface area contributed by atoms with Crippen LogP contribution in [0.25, 0.3) is 17.5 Å². The maximum Gasteiger partial charge on any atom is 0.338 e. The lowest BCUT2D eigenvalue weighted by molar-refractivity contribution is -0.145. The van der Waals surface area contributed by atoms with Gasteiger partial charge in [0.05, 0.1) is 5.57 Å². The Labute approximate surface area is 156 Å². The Kier molecular flexibility index (Phi) is 4.46. The predicted octanol–water partition coefficient (Wildman–Crippen LogP) is 4.13. The number of fused-ring (bicyclic) bond motifs is 1. The standard InChI is InChI=1S/C21H18N2O4/c1-13-6-5-8-16(10-13)20-23-22-19(27-20)14(2)26-21(24)17-11-15-7-3-4-9-18(15)25-12-17/h3-11,14H,12H2,1-2H3/t14-/m1/s1. The van der Waals surface area contributed by atoms with E-state index in [1.165, 1.54) is 0 Å². The summed E-state index contributed by atoms with van der Waals surface area (Å²) in [5, 5.41) is 8.06. The summed E-state index contributed by atoms with van der Waals surface area (Å²) in [6.45, 7) is 3.86. The lowest BCUT2D eigenvalue weighted by Gasteiger charge is -2.18. The van der Waals surface area contributed by atoms with Crippen molar-refractivity contribution in [1.29, 1.82) is 0 Å². The van der Waals surface area contributed by atoms with E-state index in [0.717, 1.165) is 22.4 Å². The van der Waals surface area contributed by atoms with Crippen molar-refractivity contribution in [3.8, 4) is 17.2 Å². The average Bonchev–Trinajstić information content (AvgIpc) is 3.18. The fraction of sp³-hybridized carbons (Fsp3) is 0.190. The second-order valence-electron chi connectivity index (χ2n) is 6.36. The second-order valence-corrected chi connectivity index (χ2v) is 6.36. The Hall–Kier alpha value is -3.41. The number of aryl methyl sites for hydroxylation is 1. The molecule has 0 unspecified atom stereocenters. The molecule has 1 aromatic heterocycles. The topological polar surface area (TPSA) is 74.5 Å². The van der Waals surface area contributed by atoms with Crippen LogP contribution in [-0.4, -0.2) is 22.8 Å². The molecule has 6 heteroatoms. The molecule has 0 amide bonds. The zero-order valence-corrected chi connectivity index (χ0v) is 15.0. The number of rotatable bonds is 4. The number of benzene rings is 2. The van der Waals surface area contributed by atoms with Crippen LogP contribution in [0.5, 0.6) is 5.75 Å². The van der Waals surface area contributed by atoms with Gasteiger partial charge in [0.25, 0.3) is 5.89 Å². The monoisotopic (exact) mass is 362 g/mol. The first-order valence-corrected chi connectivity index (χ1v) is 8.64. The molecular weight excluding hydrogens is 344 g/mol. The van der Waals surface area contributed by atoms with Crippen LogP contribution in [0, 0.1) is 6.92 Å². The van der Waals surface area contributed by atoms with E-state index in [1.807, 2.05) is 55.5 Å². The number of hydrogen-bond acceptors (Lipinski definition) is 6. The number of para-hydroxylation sites is 1. The average molecular weight is 362 g/mol. The molecule has 27 heavy (non-hydrogen) atoms. The SMILES string of the molecule is Cc1cccc(-c2nnc([C@@H](C)OC(=O)C3=Cc4ccccc4OC3)o2)c1. The molecule has 0 saturated carbocycles. The van der Waals surface area contributed by atoms with Crippen LogP contribution in [0.1, 0.15) is 30.0 Å². The van der Waals surface area contributed by atoms with Gasteiger partial charge in [-0.25, -0.2) is 4.79 Å². The highest BCUT2D eigenvalue weighted by atomic mass is 16.6. The highest BCUT2D eigenvalue weighted by Gasteiger charge is 2.23. The number of carbonyl (C=O) groups excluding carboxylic acids is 1. The number of hydrogen-bond donors (Lipinski definition) is 0. The van der Waals surface area contributed by atoms with Crippen LogP contribution in [0.2, 0.25) is 0 Å². The summed E-state index contributed by atoms with van der Waals surface area (Å²) in [6.07, 6.45) is 1.11. The Bertz CT molecular complexity index is 1020. The predicted molar refractivity (Wildman–Crippen MR) is 98.9 cm³/mol. The molecule has 1 aliphatic heterocycles. The van der Waals surface area contributed by atoms with Gasteiger partial charge in [0.1, 0.15) is 12.4 Å². The summed E-state index contributed by atoms with van der Waals surface area (Å²) in [5.41, 5.74) is 3.21. The third kappa shape index (κ3) is 3.60. The molecule has 0 spiro atoms. The summed E-state index contributed by atoms with van der Waals surface area (Å²) >= 11 is 0. The number of nitrogens with zero attached hydrogens (tertiary/aromatic N) is 2. The van der Waals surface area contributed by atoms with E-state index in [2.05, 4.69) is 10.2 Å². The van der Waals surface area contributed by atoms with Crippen molar-refractivity contribution in [2.45, 2.75) is 20.0 Å². The summed E-state index contributed by atoms with van der Waals surface area (Å²) in [5.74, 6) is 0.928. The van der Waals surface area contributed by atoms with Crippen LogP contribution in [0.4, 0.5) is 0 Å². The normalized spacial score (nSPS) is 13.9. The smallest absolute Gasteiger partial charge is 0.338 e. The van der Waals surface area contributed by atoms with Gasteiger partial charge in [-0.2, -0.15) is 0 Å². The molecule has 0 bridgehead atoms. The quantitative estimate of drug-likeness (QED) is 0.650. The summed E-state index contributed by atoms with van der Waals surface area (Å²) in [6, 6.07) is 15.3. The summed E-state index contributed by atoms with van der Waals surface area (Å²) < 4.78 is 16.8. The van der Waals surface area contributed by atoms with E-state index in [1.54, 1.807) is 13.0 Å². The molecule has 4 rings (SSSR count). The Morgan fingerprint density at radius 2 is 2.00 bits per heavy atom. The van der Waals surface area contributed by atoms with E-state index in [-0.39, 0.29) is 12.5 Å². The molecule has 1 aliphatic rings. The molecule has 0 aliphatic carbocycles. The van der Waals surface area contributed by atoms with E-state index in [9.17, 15) is 4.79 Å². The van der Waals surface area contributed by atoms with Crippen molar-refractivity contribution < 1.29 is 18.7 Å². The summed E-state index contributed by atoms with van der Waals surface area (Å²) in [7, 11) is 0. The molecule has 136 valence electrons. The van der Waals surface area contributed by atoms with Crippen molar-refractivity contribution >= 4 is 12.0 Å². The molecule has 0 radical (unpaired) electrons. The van der Waals surface area contributed by atoms with Gasteiger partial charge in [0, 0.05) is 11.1 Å². The van der Waals surface area contributed by atoms with Crippen LogP contribution >= 0.6 is 0 Å². The molecule has 3 aromatic rings. The summed E-state index contributed by atoms with van der Waals surface area (Å²) in [4.78, 5) is 12.5. The zero-order chi connectivity index (χ0) is 18.8. The molecular formula is C21H18N2O4. The van der Waals surface area contributed by atoms with E-state index in [4.69, 9.17) is 13.9 Å². The van der Waals surface area contributed by atoms with Gasteiger partial charge in [0.15, 0.2) is 6.10 Å². The largest absolute Gasteiger partial charge is 0.488 e. The maximum atomic E-state index is 12.5. The fourth-order valence-electron chi connectivity index (χ4n) is 2.81. The number of aromatic nitrogens is 2. The Morgan fingerprint density at radius 1 is 1.15 bits per heavy atom. The number of esters is 1. The van der Waals surface area contributed by atoms with Gasteiger partial charge in [-0.3, -0.25) is 0 Å². The van der Waals surface area contributed by atoms with E-state index in [0.29, 0.717) is 11.5 Å². The number of carbonyl (C=O) groups is 1. The lowest BCUT2D eigenvalue weighted by atomic mass is 10.1. The van der Waals surface area contributed by atoms with Crippen LogP contribution in [0.3, 0.4) is 0 Å². The highest BCUT2D eigenvalue weighted by Crippen LogP contribution is 2.28. The van der Waals surface area contributed by atoms with Crippen molar-refractivity contribution in [2.75, 3.05) is 6.61 Å². The third-order valence-electron chi connectivity index (χ3n) is 4.23. The Morgan fingerprint density at radius 3 is 2.85 bits per heavy atom. The fourth-order valence-corrected chi connectivity index (χ4v) is 2.81. The molecule has 0 saturated heterocycles. The molecule has 2 aromatic carbocycles. The first-order chi connectivity index (χ1) is 13.1. The van der Waals surface area contributed by atoms with Gasteiger partial charge >= 0.3 is 5.97 Å². The lowest BCUT2D eigenvalue weighted by Crippen LogP contribution is -2.18. The van der Waals surface area contributed by atoms with E-state index < -0.39 is 12.1 Å². The van der Waals surface area contributed by atoms with Crippen molar-refractivity contribution in [2.24, 2.45) is 0 Å². The zero-order valence-electron chi connectivity index (χ0n) is 15.0. The van der Waals surface area contributed by atoms with E-state index >= 15 is 0 Å². The molecule has 2 heterocycles. The third-order valence-corrected chi connectivity index (χ3v) is 4.23. The second kappa shape index (κ2) is 7.07. The van der Waals surface area contributed by atoms with Gasteiger partial charge in [0.2, 0.25) is 5.89 Å². The minimum Gasteiger partial charge on any atom is -0.488 e. The van der Waals surface area contributed by atoms with Crippen molar-refractivity contribution in [1.82, 2.24) is 10.2 Å². The van der Waals surface area contributed by atoms with Crippen molar-refractivity contribution in [3.05, 3.63) is 71.1 Å². The molecule has 0 N–H and O–H groups in total. The molecule has 1 atom stereocenters. The Balaban J connectivity index is 1.47. The van der Waals surface area contributed by atoms with Crippen molar-refractivity contribution in [3.63, 3.8) is 0 Å². The molecule has 6 nitrogen and oxygen atoms in total. The van der Waals surface area contributed by atoms with Crippen LogP contribution in [0.15, 0.2) is 58.5 Å². The first kappa shape index (κ1) is 17.0. The highest BCUT2D eigenvalue weighted by molar-refractivity contribution is 5.95. The van der Waals surface area contributed by atoms with Gasteiger partial charge < -0.3 is 13.9 Å². The van der Waals surface area contributed by atoms with Crippen LogP contribution < -0.4 is 4.74 Å². The van der Waals surface area contributed by atoms with Gasteiger partial charge in [-0.15, -0.1) is 10.2 Å². The minimum atomic E-state index is -0.665. The van der Waals surface area contributed by atoms with Crippen LogP contribution in [-0.2, 0) is 9.53 Å². The maximum absolute atomic E-state index is 12.5. The van der Waals surface area contributed by atoms with Gasteiger partial charge in [-0.05, 0) is 38.1 Å². The number of ether oxygens (including phenoxy) is 2. The first-order valence-electron chi connectivity index (χ1n) is 8.64. The van der Waals surface area contributed by atoms with Gasteiger partial charge in [-0.1, -0.05) is 35.9 Å². The molecule has 0 fully saturated rings. The minimum absolute atomic E-state index is 0.168.